The molecule has 0 saturated carbocycles. The molecule has 1 aromatic carbocycles. The number of carboxylic acids is 2. The maximum absolute atomic E-state index is 13.8. The lowest BCUT2D eigenvalue weighted by molar-refractivity contribution is -0.178. The molecule has 3 heterocycles. The van der Waals surface area contributed by atoms with Gasteiger partial charge in [-0.05, 0) is 88.3 Å². The molecule has 1 aromatic rings. The van der Waals surface area contributed by atoms with Crippen LogP contribution < -0.4 is 9.47 Å². The summed E-state index contributed by atoms with van der Waals surface area (Å²) >= 11 is 0. The molecule has 0 amide bonds. The van der Waals surface area contributed by atoms with E-state index in [1.165, 1.54) is 7.11 Å². The van der Waals surface area contributed by atoms with Gasteiger partial charge in [0.15, 0.2) is 29.3 Å². The highest BCUT2D eigenvalue weighted by atomic mass is 16.7. The molecule has 0 bridgehead atoms. The number of carboxylic acid groups (broad SMARTS) is 2. The molecule has 48 heavy (non-hydrogen) atoms. The van der Waals surface area contributed by atoms with Crippen molar-refractivity contribution in [2.45, 2.75) is 100 Å². The standard InChI is InChI=1S/C29H39NO9.C4H6O5/c1-27(2,33)8-5-10-29(34,16-23(31)36-4)26(32)39-25-22(35-3)15-28-9-6-11-30(28)12-7-18-13-20-21(38-17-37-20)14-19(18)24(25)28;5-2(4(8)9)1-3(6)7/h13-15,24-25,33-34H,5-12,16-17H2,1-4H3;2,5H,1H2,(H,6,7)(H,8,9)/t24-,25-,28+,29+;/m1./s1. The average Bonchev–Trinajstić information content (AvgIpc) is 3.69. The van der Waals surface area contributed by atoms with E-state index in [1.54, 1.807) is 21.0 Å². The second-order valence-electron chi connectivity index (χ2n) is 13.2. The Labute approximate surface area is 278 Å². The number of esters is 2. The van der Waals surface area contributed by atoms with Gasteiger partial charge in [-0.3, -0.25) is 14.5 Å². The quantitative estimate of drug-likeness (QED) is 0.198. The van der Waals surface area contributed by atoms with Crippen molar-refractivity contribution in [1.82, 2.24) is 4.90 Å². The van der Waals surface area contributed by atoms with Crippen molar-refractivity contribution in [1.29, 1.82) is 0 Å². The van der Waals surface area contributed by atoms with Gasteiger partial charge in [-0.15, -0.1) is 0 Å². The predicted molar refractivity (Wildman–Crippen MR) is 165 cm³/mol. The Morgan fingerprint density at radius 3 is 2.33 bits per heavy atom. The number of hydrogen-bond donors (Lipinski definition) is 5. The molecule has 15 heteroatoms. The van der Waals surface area contributed by atoms with Crippen LogP contribution in [0.1, 0.15) is 75.8 Å². The van der Waals surface area contributed by atoms with E-state index < -0.39 is 65.7 Å². The smallest absolute Gasteiger partial charge is 0.339 e. The number of rotatable bonds is 12. The maximum atomic E-state index is 13.8. The minimum atomic E-state index is -2.12. The molecule has 266 valence electrons. The monoisotopic (exact) mass is 679 g/mol. The zero-order chi connectivity index (χ0) is 35.4. The van der Waals surface area contributed by atoms with E-state index >= 15 is 0 Å². The minimum absolute atomic E-state index is 0.0686. The molecular formula is C33H45NO14. The first-order valence-electron chi connectivity index (χ1n) is 15.8. The number of carbonyl (C=O) groups excluding carboxylic acids is 2. The molecule has 5 atom stereocenters. The first-order chi connectivity index (χ1) is 22.5. The van der Waals surface area contributed by atoms with Gasteiger partial charge in [0, 0.05) is 6.54 Å². The van der Waals surface area contributed by atoms with Gasteiger partial charge in [0.05, 0.1) is 44.1 Å². The number of aliphatic carboxylic acids is 2. The summed E-state index contributed by atoms with van der Waals surface area (Å²) in [5, 5.41) is 45.8. The van der Waals surface area contributed by atoms with Crippen molar-refractivity contribution in [3.8, 4) is 11.5 Å². The van der Waals surface area contributed by atoms with Crippen LogP contribution in [0.15, 0.2) is 24.0 Å². The molecule has 0 radical (unpaired) electrons. The number of ether oxygens (including phenoxy) is 5. The second-order valence-corrected chi connectivity index (χ2v) is 13.2. The molecule has 5 N–H and O–H groups in total. The maximum Gasteiger partial charge on any atom is 0.339 e. The zero-order valence-electron chi connectivity index (χ0n) is 27.6. The van der Waals surface area contributed by atoms with E-state index in [-0.39, 0.29) is 19.1 Å². The fraction of sp³-hybridized carbons (Fsp3) is 0.636. The van der Waals surface area contributed by atoms with Crippen molar-refractivity contribution in [2.75, 3.05) is 34.1 Å². The van der Waals surface area contributed by atoms with E-state index in [4.69, 9.17) is 39.0 Å². The van der Waals surface area contributed by atoms with Crippen molar-refractivity contribution in [3.05, 3.63) is 35.1 Å². The number of benzene rings is 1. The normalized spacial score (nSPS) is 24.3. The second kappa shape index (κ2) is 14.7. The van der Waals surface area contributed by atoms with Gasteiger partial charge in [0.25, 0.3) is 0 Å². The van der Waals surface area contributed by atoms with Crippen molar-refractivity contribution in [2.24, 2.45) is 0 Å². The molecule has 3 aliphatic heterocycles. The van der Waals surface area contributed by atoms with Crippen LogP contribution >= 0.6 is 0 Å². The highest BCUT2D eigenvalue weighted by Crippen LogP contribution is 2.55. The molecule has 1 fully saturated rings. The minimum Gasteiger partial charge on any atom is -0.497 e. The summed E-state index contributed by atoms with van der Waals surface area (Å²) in [6, 6.07) is 4.00. The van der Waals surface area contributed by atoms with Crippen LogP contribution in [0.25, 0.3) is 0 Å². The van der Waals surface area contributed by atoms with Crippen LogP contribution in [0.4, 0.5) is 0 Å². The fourth-order valence-corrected chi connectivity index (χ4v) is 6.96. The summed E-state index contributed by atoms with van der Waals surface area (Å²) in [5.41, 5.74) is -1.42. The van der Waals surface area contributed by atoms with Crippen LogP contribution in [0.5, 0.6) is 11.5 Å². The van der Waals surface area contributed by atoms with Crippen LogP contribution in [0.3, 0.4) is 0 Å². The van der Waals surface area contributed by atoms with Gasteiger partial charge >= 0.3 is 23.9 Å². The van der Waals surface area contributed by atoms with Gasteiger partial charge in [0.2, 0.25) is 6.79 Å². The third-order valence-electron chi connectivity index (χ3n) is 9.27. The van der Waals surface area contributed by atoms with Crippen LogP contribution in [0.2, 0.25) is 0 Å². The summed E-state index contributed by atoms with van der Waals surface area (Å²) in [6.07, 6.45) is 1.40. The Kier molecular flexibility index (Phi) is 11.3. The van der Waals surface area contributed by atoms with E-state index in [2.05, 4.69) is 11.0 Å². The van der Waals surface area contributed by atoms with Crippen LogP contribution in [0, 0.1) is 0 Å². The van der Waals surface area contributed by atoms with E-state index in [9.17, 15) is 29.4 Å². The van der Waals surface area contributed by atoms with Crippen LogP contribution in [-0.4, -0.2) is 117 Å². The van der Waals surface area contributed by atoms with E-state index in [0.29, 0.717) is 30.1 Å². The Balaban J connectivity index is 0.000000508. The molecule has 15 nitrogen and oxygen atoms in total. The van der Waals surface area contributed by atoms with E-state index in [1.807, 2.05) is 12.1 Å². The van der Waals surface area contributed by atoms with Gasteiger partial charge in [0.1, 0.15) is 5.76 Å². The molecule has 1 spiro atoms. The first-order valence-corrected chi connectivity index (χ1v) is 15.8. The number of hydrogen-bond acceptors (Lipinski definition) is 13. The third-order valence-corrected chi connectivity index (χ3v) is 9.27. The van der Waals surface area contributed by atoms with Crippen molar-refractivity contribution in [3.63, 3.8) is 0 Å². The number of nitrogens with zero attached hydrogens (tertiary/aromatic N) is 1. The summed E-state index contributed by atoms with van der Waals surface area (Å²) in [6.45, 7) is 5.21. The Morgan fingerprint density at radius 1 is 1.06 bits per heavy atom. The largest absolute Gasteiger partial charge is 0.497 e. The summed E-state index contributed by atoms with van der Waals surface area (Å²) < 4.78 is 28.1. The lowest BCUT2D eigenvalue weighted by Gasteiger charge is -2.39. The number of methoxy groups -OCH3 is 2. The Bertz CT molecular complexity index is 1420. The van der Waals surface area contributed by atoms with Gasteiger partial charge in [-0.1, -0.05) is 0 Å². The Hall–Kier alpha value is -3.92. The van der Waals surface area contributed by atoms with E-state index in [0.717, 1.165) is 43.5 Å². The number of fused-ring (bicyclic) bond motifs is 3. The van der Waals surface area contributed by atoms with Crippen LogP contribution in [-0.2, 0) is 39.8 Å². The highest BCUT2D eigenvalue weighted by Gasteiger charge is 2.59. The first kappa shape index (κ1) is 36.9. The van der Waals surface area contributed by atoms with Gasteiger partial charge < -0.3 is 49.2 Å². The summed E-state index contributed by atoms with van der Waals surface area (Å²) in [7, 11) is 2.76. The molecule has 1 unspecified atom stereocenters. The summed E-state index contributed by atoms with van der Waals surface area (Å²) in [4.78, 5) is 47.8. The number of carbonyl (C=O) groups is 4. The number of aliphatic hydroxyl groups is 3. The van der Waals surface area contributed by atoms with Gasteiger partial charge in [-0.2, -0.15) is 0 Å². The predicted octanol–water partition coefficient (Wildman–Crippen LogP) is 1.49. The third kappa shape index (κ3) is 8.02. The Morgan fingerprint density at radius 2 is 1.75 bits per heavy atom. The van der Waals surface area contributed by atoms with Crippen molar-refractivity contribution >= 4 is 23.9 Å². The molecule has 4 aliphatic rings. The molecule has 1 saturated heterocycles. The zero-order valence-corrected chi connectivity index (χ0v) is 27.6. The molecular weight excluding hydrogens is 634 g/mol. The highest BCUT2D eigenvalue weighted by molar-refractivity contribution is 5.86. The average molecular weight is 680 g/mol. The number of aliphatic hydroxyl groups excluding tert-OH is 1. The lowest BCUT2D eigenvalue weighted by Crippen LogP contribution is -2.49. The SMILES string of the molecule is COC(=O)C[C@@](O)(CCCC(C)(C)O)C(=O)O[C@@H]1C(OC)=C[C@]23CCCN2CCc2cc4c(cc2[C@H]13)OCO4.O=C(O)CC(O)C(=O)O. The topological polar surface area (TPSA) is 219 Å². The molecule has 5 rings (SSSR count). The molecule has 1 aliphatic carbocycles. The van der Waals surface area contributed by atoms with Gasteiger partial charge in [-0.25, -0.2) is 9.59 Å². The lowest BCUT2D eigenvalue weighted by atomic mass is 9.77. The summed E-state index contributed by atoms with van der Waals surface area (Å²) in [5.74, 6) is -2.91. The van der Waals surface area contributed by atoms with Crippen molar-refractivity contribution < 1.29 is 68.4 Å². The molecule has 0 aromatic heterocycles. The fourth-order valence-electron chi connectivity index (χ4n) is 6.96.